The highest BCUT2D eigenvalue weighted by molar-refractivity contribution is 5.86. The Morgan fingerprint density at radius 3 is 2.67 bits per heavy atom. The van der Waals surface area contributed by atoms with Crippen molar-refractivity contribution in [1.82, 2.24) is 0 Å². The Morgan fingerprint density at radius 2 is 1.96 bits per heavy atom. The van der Waals surface area contributed by atoms with Crippen LogP contribution in [0.25, 0.3) is 5.57 Å². The van der Waals surface area contributed by atoms with Crippen LogP contribution in [0.2, 0.25) is 0 Å². The second kappa shape index (κ2) is 9.71. The number of hydrogen-bond donors (Lipinski definition) is 0. The minimum Gasteiger partial charge on any atom is -0.363 e. The monoisotopic (exact) mass is 325 g/mol. The second-order valence-electron chi connectivity index (χ2n) is 7.14. The average molecular weight is 326 g/mol. The number of para-hydroxylation sites is 1. The van der Waals surface area contributed by atoms with Crippen molar-refractivity contribution < 1.29 is 0 Å². The van der Waals surface area contributed by atoms with Crippen LogP contribution in [0, 0.1) is 5.92 Å². The normalized spacial score (nSPS) is 18.4. The highest BCUT2D eigenvalue weighted by atomic mass is 15.2. The molecule has 0 bridgehead atoms. The van der Waals surface area contributed by atoms with Crippen LogP contribution in [0.3, 0.4) is 0 Å². The van der Waals surface area contributed by atoms with E-state index in [4.69, 9.17) is 0 Å². The summed E-state index contributed by atoms with van der Waals surface area (Å²) in [5, 5.41) is 0. The average Bonchev–Trinajstić information content (AvgIpc) is 2.88. The maximum atomic E-state index is 4.42. The van der Waals surface area contributed by atoms with Gasteiger partial charge in [-0.1, -0.05) is 82.9 Å². The first-order chi connectivity index (χ1) is 11.7. The Morgan fingerprint density at radius 1 is 1.17 bits per heavy atom. The number of unbranched alkanes of at least 4 members (excludes halogenated alkanes) is 3. The molecular formula is C23H35N. The van der Waals surface area contributed by atoms with Crippen LogP contribution >= 0.6 is 0 Å². The molecule has 0 fully saturated rings. The summed E-state index contributed by atoms with van der Waals surface area (Å²) in [5.74, 6) is 0.786. The van der Waals surface area contributed by atoms with E-state index in [2.05, 4.69) is 68.7 Å². The molecule has 1 nitrogen and oxygen atoms in total. The van der Waals surface area contributed by atoms with Crippen LogP contribution in [-0.2, 0) is 0 Å². The van der Waals surface area contributed by atoms with Gasteiger partial charge in [0.15, 0.2) is 0 Å². The van der Waals surface area contributed by atoms with Crippen molar-refractivity contribution in [3.63, 3.8) is 0 Å². The molecule has 1 heterocycles. The zero-order valence-electron chi connectivity index (χ0n) is 15.9. The van der Waals surface area contributed by atoms with Crippen molar-refractivity contribution in [3.8, 4) is 0 Å². The molecule has 0 aromatic heterocycles. The summed E-state index contributed by atoms with van der Waals surface area (Å²) in [4.78, 5) is 2.63. The van der Waals surface area contributed by atoms with Crippen molar-refractivity contribution in [2.45, 2.75) is 71.8 Å². The van der Waals surface area contributed by atoms with E-state index in [0.29, 0.717) is 6.04 Å². The molecule has 0 spiro atoms. The quantitative estimate of drug-likeness (QED) is 0.336. The lowest BCUT2D eigenvalue weighted by Gasteiger charge is -2.31. The third kappa shape index (κ3) is 4.53. The molecule has 0 amide bonds. The molecule has 132 valence electrons. The molecule has 2 atom stereocenters. The topological polar surface area (TPSA) is 3.24 Å². The molecule has 1 aromatic carbocycles. The summed E-state index contributed by atoms with van der Waals surface area (Å²) < 4.78 is 0. The van der Waals surface area contributed by atoms with Crippen molar-refractivity contribution in [2.24, 2.45) is 5.92 Å². The van der Waals surface area contributed by atoms with Crippen molar-refractivity contribution >= 4 is 11.3 Å². The third-order valence-electron chi connectivity index (χ3n) is 5.43. The third-order valence-corrected chi connectivity index (χ3v) is 5.43. The fourth-order valence-electron chi connectivity index (χ4n) is 3.85. The van der Waals surface area contributed by atoms with E-state index in [0.717, 1.165) is 12.3 Å². The van der Waals surface area contributed by atoms with E-state index in [1.165, 1.54) is 61.9 Å². The van der Waals surface area contributed by atoms with Crippen LogP contribution in [0.15, 0.2) is 43.0 Å². The smallest absolute Gasteiger partial charge is 0.0577 e. The number of rotatable bonds is 10. The van der Waals surface area contributed by atoms with Crippen molar-refractivity contribution in [1.29, 1.82) is 0 Å². The highest BCUT2D eigenvalue weighted by Crippen LogP contribution is 2.41. The molecule has 0 saturated heterocycles. The van der Waals surface area contributed by atoms with Crippen molar-refractivity contribution in [2.75, 3.05) is 11.4 Å². The minimum atomic E-state index is 0.434. The lowest BCUT2D eigenvalue weighted by atomic mass is 9.96. The van der Waals surface area contributed by atoms with Gasteiger partial charge in [-0.05, 0) is 37.3 Å². The minimum absolute atomic E-state index is 0.434. The van der Waals surface area contributed by atoms with E-state index < -0.39 is 0 Å². The molecule has 24 heavy (non-hydrogen) atoms. The fraction of sp³-hybridized carbons (Fsp3) is 0.565. The molecule has 1 aliphatic heterocycles. The van der Waals surface area contributed by atoms with Gasteiger partial charge in [0, 0.05) is 17.8 Å². The Bertz CT molecular complexity index is 543. The van der Waals surface area contributed by atoms with Crippen LogP contribution < -0.4 is 4.90 Å². The zero-order valence-corrected chi connectivity index (χ0v) is 15.9. The van der Waals surface area contributed by atoms with Gasteiger partial charge in [-0.25, -0.2) is 0 Å². The van der Waals surface area contributed by atoms with Crippen LogP contribution in [0.1, 0.15) is 71.3 Å². The molecular weight excluding hydrogens is 290 g/mol. The number of anilines is 1. The molecule has 0 saturated carbocycles. The van der Waals surface area contributed by atoms with E-state index in [1.54, 1.807) is 0 Å². The van der Waals surface area contributed by atoms with Crippen LogP contribution in [0.4, 0.5) is 5.69 Å². The van der Waals surface area contributed by atoms with E-state index >= 15 is 0 Å². The lowest BCUT2D eigenvalue weighted by molar-refractivity contribution is 0.432. The standard InChI is InChI=1S/C23H35N/c1-5-8-10-11-14-20(7-3)18-24-22(16-9-6-2)19(4)21-15-12-13-17-23(21)24/h6,9,12-13,15,17,20,22H,4-5,7-8,10-11,14,16,18H2,1-3H3/b9-6+. The van der Waals surface area contributed by atoms with Gasteiger partial charge in [-0.2, -0.15) is 0 Å². The van der Waals surface area contributed by atoms with Crippen LogP contribution in [0.5, 0.6) is 0 Å². The van der Waals surface area contributed by atoms with E-state index in [1.807, 2.05) is 0 Å². The summed E-state index contributed by atoms with van der Waals surface area (Å²) in [6.07, 6.45) is 13.6. The summed E-state index contributed by atoms with van der Waals surface area (Å²) in [7, 11) is 0. The predicted molar refractivity (Wildman–Crippen MR) is 109 cm³/mol. The Hall–Kier alpha value is -1.50. The Balaban J connectivity index is 2.09. The van der Waals surface area contributed by atoms with E-state index in [-0.39, 0.29) is 0 Å². The van der Waals surface area contributed by atoms with Gasteiger partial charge >= 0.3 is 0 Å². The molecule has 1 aromatic rings. The molecule has 0 N–H and O–H groups in total. The van der Waals surface area contributed by atoms with Gasteiger partial charge < -0.3 is 4.90 Å². The molecule has 2 unspecified atom stereocenters. The first-order valence-corrected chi connectivity index (χ1v) is 9.88. The maximum Gasteiger partial charge on any atom is 0.0577 e. The molecule has 1 aliphatic rings. The van der Waals surface area contributed by atoms with Gasteiger partial charge in [0.25, 0.3) is 0 Å². The largest absolute Gasteiger partial charge is 0.363 e. The molecule has 1 heteroatoms. The zero-order chi connectivity index (χ0) is 17.4. The summed E-state index contributed by atoms with van der Waals surface area (Å²) in [6, 6.07) is 9.26. The van der Waals surface area contributed by atoms with Crippen molar-refractivity contribution in [3.05, 3.63) is 48.6 Å². The Labute approximate surface area is 149 Å². The maximum absolute atomic E-state index is 4.42. The van der Waals surface area contributed by atoms with Gasteiger partial charge in [-0.3, -0.25) is 0 Å². The number of fused-ring (bicyclic) bond motifs is 1. The molecule has 2 rings (SSSR count). The summed E-state index contributed by atoms with van der Waals surface area (Å²) in [6.45, 7) is 12.3. The van der Waals surface area contributed by atoms with Gasteiger partial charge in [0.05, 0.1) is 6.04 Å². The fourth-order valence-corrected chi connectivity index (χ4v) is 3.85. The van der Waals surface area contributed by atoms with Gasteiger partial charge in [0.1, 0.15) is 0 Å². The van der Waals surface area contributed by atoms with E-state index in [9.17, 15) is 0 Å². The highest BCUT2D eigenvalue weighted by Gasteiger charge is 2.32. The first-order valence-electron chi connectivity index (χ1n) is 9.88. The number of benzene rings is 1. The van der Waals surface area contributed by atoms with Gasteiger partial charge in [-0.15, -0.1) is 0 Å². The second-order valence-corrected chi connectivity index (χ2v) is 7.14. The lowest BCUT2D eigenvalue weighted by Crippen LogP contribution is -2.35. The SMILES string of the molecule is C=C1c2ccccc2N(CC(CC)CCCCCC)C1C/C=C/C. The number of hydrogen-bond acceptors (Lipinski definition) is 1. The molecule has 0 radical (unpaired) electrons. The van der Waals surface area contributed by atoms with Crippen LogP contribution in [-0.4, -0.2) is 12.6 Å². The first kappa shape index (κ1) is 18.8. The van der Waals surface area contributed by atoms with Gasteiger partial charge in [0.2, 0.25) is 0 Å². The molecule has 0 aliphatic carbocycles. The number of allylic oxidation sites excluding steroid dienone is 1. The predicted octanol–water partition coefficient (Wildman–Crippen LogP) is 6.85. The Kier molecular flexibility index (Phi) is 7.62. The summed E-state index contributed by atoms with van der Waals surface area (Å²) in [5.41, 5.74) is 4.04. The number of nitrogens with zero attached hydrogens (tertiary/aromatic N) is 1. The summed E-state index contributed by atoms with van der Waals surface area (Å²) >= 11 is 0.